The van der Waals surface area contributed by atoms with Gasteiger partial charge in [-0.05, 0) is 61.9 Å². The van der Waals surface area contributed by atoms with Crippen LogP contribution in [0, 0.1) is 0 Å². The van der Waals surface area contributed by atoms with Gasteiger partial charge in [-0.2, -0.15) is 0 Å². The number of nitrogens with one attached hydrogen (secondary N) is 1. The van der Waals surface area contributed by atoms with Crippen LogP contribution >= 0.6 is 0 Å². The van der Waals surface area contributed by atoms with E-state index in [4.69, 9.17) is 4.74 Å². The van der Waals surface area contributed by atoms with Crippen molar-refractivity contribution in [2.24, 2.45) is 0 Å². The SMILES string of the molecule is CCC(C1=C(O)CC(CCc2ccccc2)(CCc2ccccc2)OC1=O)c1ccccc1-n1cnc2ncnc-2c1S(=O)(=O)NC. The third-order valence-electron chi connectivity index (χ3n) is 8.90. The molecule has 3 aliphatic rings. The number of para-hydroxylation sites is 1. The zero-order valence-corrected chi connectivity index (χ0v) is 27.2. The summed E-state index contributed by atoms with van der Waals surface area (Å²) in [7, 11) is -2.70. The largest absolute Gasteiger partial charge is 0.512 e. The molecule has 0 bridgehead atoms. The number of fused-ring (bicyclic) bond motifs is 1. The summed E-state index contributed by atoms with van der Waals surface area (Å²) in [6.07, 6.45) is 5.73. The Labute approximate surface area is 274 Å². The molecule has 0 spiro atoms. The fourth-order valence-corrected chi connectivity index (χ4v) is 7.47. The van der Waals surface area contributed by atoms with Crippen LogP contribution in [0.15, 0.2) is 114 Å². The Kier molecular flexibility index (Phi) is 9.19. The topological polar surface area (TPSA) is 136 Å². The highest BCUT2D eigenvalue weighted by atomic mass is 32.2. The second kappa shape index (κ2) is 13.5. The Morgan fingerprint density at radius 1 is 0.915 bits per heavy atom. The molecule has 242 valence electrons. The zero-order valence-electron chi connectivity index (χ0n) is 26.3. The number of aliphatic hydroxyl groups excluding tert-OH is 1. The van der Waals surface area contributed by atoms with Crippen LogP contribution in [0.3, 0.4) is 0 Å². The van der Waals surface area contributed by atoms with Gasteiger partial charge in [0.15, 0.2) is 10.9 Å². The highest BCUT2D eigenvalue weighted by molar-refractivity contribution is 7.89. The van der Waals surface area contributed by atoms with Crippen molar-refractivity contribution in [1.29, 1.82) is 0 Å². The number of cyclic esters (lactones) is 1. The summed E-state index contributed by atoms with van der Waals surface area (Å²) in [4.78, 5) is 26.7. The minimum atomic E-state index is -4.03. The lowest BCUT2D eigenvalue weighted by Crippen LogP contribution is -2.42. The minimum absolute atomic E-state index is 0.00688. The van der Waals surface area contributed by atoms with Crippen LogP contribution in [-0.2, 0) is 32.4 Å². The summed E-state index contributed by atoms with van der Waals surface area (Å²) in [6, 6.07) is 27.3. The van der Waals surface area contributed by atoms with Crippen molar-refractivity contribution >= 4 is 16.0 Å². The number of hydrogen-bond acceptors (Lipinski definition) is 8. The number of rotatable bonds is 12. The number of aromatic nitrogens is 4. The summed E-state index contributed by atoms with van der Waals surface area (Å²) < 4.78 is 36.8. The molecule has 3 aromatic carbocycles. The second-order valence-electron chi connectivity index (χ2n) is 11.8. The Bertz CT molecular complexity index is 1930. The molecule has 11 heteroatoms. The van der Waals surface area contributed by atoms with E-state index in [0.29, 0.717) is 43.4 Å². The van der Waals surface area contributed by atoms with Gasteiger partial charge in [-0.1, -0.05) is 85.8 Å². The lowest BCUT2D eigenvalue weighted by molar-refractivity contribution is -0.161. The van der Waals surface area contributed by atoms with E-state index in [1.54, 1.807) is 12.1 Å². The van der Waals surface area contributed by atoms with E-state index in [2.05, 4.69) is 19.7 Å². The summed E-state index contributed by atoms with van der Waals surface area (Å²) in [5, 5.41) is 11.6. The molecule has 3 aliphatic heterocycles. The van der Waals surface area contributed by atoms with Gasteiger partial charge in [0.2, 0.25) is 0 Å². The highest BCUT2D eigenvalue weighted by Crippen LogP contribution is 2.43. The van der Waals surface area contributed by atoms with Crippen LogP contribution in [0.1, 0.15) is 55.2 Å². The molecule has 2 N–H and O–H groups in total. The van der Waals surface area contributed by atoms with Crippen LogP contribution < -0.4 is 4.72 Å². The number of carbonyl (C=O) groups excluding carboxylic acids is 1. The van der Waals surface area contributed by atoms with Crippen molar-refractivity contribution in [2.75, 3.05) is 7.05 Å². The van der Waals surface area contributed by atoms with Crippen molar-refractivity contribution in [3.63, 3.8) is 0 Å². The standard InChI is InChI=1S/C36H37N5O5S/c1-3-27(28-16-10-11-17-29(28)41-24-40-33-32(38-23-39-33)34(41)47(44,45)37-2)31-30(42)22-36(46-35(31)43,20-18-25-12-6-4-7-13-25)21-19-26-14-8-5-9-15-26/h4-17,23-24,27,37,42H,3,18-22H2,1-2H3. The van der Waals surface area contributed by atoms with Crippen molar-refractivity contribution in [1.82, 2.24) is 24.2 Å². The Morgan fingerprint density at radius 3 is 2.13 bits per heavy atom. The molecule has 0 radical (unpaired) electrons. The quantitative estimate of drug-likeness (QED) is 0.125. The van der Waals surface area contributed by atoms with Crippen molar-refractivity contribution < 1.29 is 23.1 Å². The average Bonchev–Trinajstić information content (AvgIpc) is 3.58. The first-order valence-corrected chi connectivity index (χ1v) is 17.2. The molecule has 6 rings (SSSR count). The second-order valence-corrected chi connectivity index (χ2v) is 13.6. The fraction of sp³-hybridized carbons (Fsp3) is 0.278. The van der Waals surface area contributed by atoms with Gasteiger partial charge in [0.05, 0.1) is 11.3 Å². The third kappa shape index (κ3) is 6.54. The van der Waals surface area contributed by atoms with Gasteiger partial charge in [0.1, 0.15) is 29.7 Å². The van der Waals surface area contributed by atoms with E-state index in [1.165, 1.54) is 24.3 Å². The number of nitrogens with zero attached hydrogens (tertiary/aromatic N) is 4. The first-order chi connectivity index (χ1) is 22.7. The van der Waals surface area contributed by atoms with E-state index in [0.717, 1.165) is 11.1 Å². The van der Waals surface area contributed by atoms with E-state index >= 15 is 0 Å². The molecule has 0 amide bonds. The maximum absolute atomic E-state index is 14.1. The number of hydrogen-bond donors (Lipinski definition) is 2. The van der Waals surface area contributed by atoms with Gasteiger partial charge < -0.3 is 9.84 Å². The zero-order chi connectivity index (χ0) is 33.0. The van der Waals surface area contributed by atoms with E-state index in [-0.39, 0.29) is 34.3 Å². The number of benzene rings is 3. The first-order valence-electron chi connectivity index (χ1n) is 15.7. The van der Waals surface area contributed by atoms with E-state index in [1.807, 2.05) is 79.7 Å². The first kappa shape index (κ1) is 32.1. The lowest BCUT2D eigenvalue weighted by Gasteiger charge is -2.39. The fourth-order valence-electron chi connectivity index (χ4n) is 6.48. The number of esters is 1. The predicted molar refractivity (Wildman–Crippen MR) is 178 cm³/mol. The lowest BCUT2D eigenvalue weighted by atomic mass is 9.79. The van der Waals surface area contributed by atoms with E-state index in [9.17, 15) is 18.3 Å². The van der Waals surface area contributed by atoms with Gasteiger partial charge >= 0.3 is 5.97 Å². The molecule has 47 heavy (non-hydrogen) atoms. The maximum atomic E-state index is 14.1. The molecule has 1 atom stereocenters. The van der Waals surface area contributed by atoms with Gasteiger partial charge in [-0.15, -0.1) is 0 Å². The van der Waals surface area contributed by atoms with E-state index < -0.39 is 27.5 Å². The number of imidazole rings is 1. The number of aryl methyl sites for hydroxylation is 2. The number of carbonyl (C=O) groups is 1. The monoisotopic (exact) mass is 651 g/mol. The summed E-state index contributed by atoms with van der Waals surface area (Å²) in [5.74, 6) is -0.982. The Morgan fingerprint density at radius 2 is 1.53 bits per heavy atom. The van der Waals surface area contributed by atoms with Crippen LogP contribution in [0.5, 0.6) is 0 Å². The van der Waals surface area contributed by atoms with Crippen LogP contribution in [0.2, 0.25) is 0 Å². The smallest absolute Gasteiger partial charge is 0.338 e. The molecule has 3 aromatic rings. The third-order valence-corrected chi connectivity index (χ3v) is 10.3. The Balaban J connectivity index is 1.40. The number of sulfonamides is 1. The molecule has 0 aromatic heterocycles. The molecule has 3 heterocycles. The summed E-state index contributed by atoms with van der Waals surface area (Å²) >= 11 is 0. The predicted octanol–water partition coefficient (Wildman–Crippen LogP) is 5.93. The van der Waals surface area contributed by atoms with Crippen LogP contribution in [0.4, 0.5) is 0 Å². The molecule has 1 unspecified atom stereocenters. The van der Waals surface area contributed by atoms with Crippen LogP contribution in [0.25, 0.3) is 17.2 Å². The molecule has 0 fully saturated rings. The minimum Gasteiger partial charge on any atom is -0.512 e. The van der Waals surface area contributed by atoms with Gasteiger partial charge in [0, 0.05) is 12.3 Å². The molecule has 0 saturated heterocycles. The number of aliphatic hydroxyl groups is 1. The van der Waals surface area contributed by atoms with Crippen molar-refractivity contribution in [3.8, 4) is 17.2 Å². The molecule has 10 nitrogen and oxygen atoms in total. The van der Waals surface area contributed by atoms with Crippen molar-refractivity contribution in [3.05, 3.63) is 126 Å². The van der Waals surface area contributed by atoms with Gasteiger partial charge in [-0.25, -0.2) is 32.9 Å². The highest BCUT2D eigenvalue weighted by Gasteiger charge is 2.44. The Hall–Kier alpha value is -4.87. The molecular weight excluding hydrogens is 614 g/mol. The molecule has 0 aliphatic carbocycles. The molecule has 0 saturated carbocycles. The molecular formula is C36H37N5O5S. The number of ether oxygens (including phenoxy) is 1. The summed E-state index contributed by atoms with van der Waals surface area (Å²) in [6.45, 7) is 1.92. The van der Waals surface area contributed by atoms with Gasteiger partial charge in [0.25, 0.3) is 10.0 Å². The normalized spacial score (nSPS) is 15.5. The summed E-state index contributed by atoms with van der Waals surface area (Å²) in [5.41, 5.74) is 2.75. The van der Waals surface area contributed by atoms with Crippen molar-refractivity contribution in [2.45, 2.75) is 62.0 Å². The van der Waals surface area contributed by atoms with Crippen LogP contribution in [-0.4, -0.2) is 51.7 Å². The average molecular weight is 652 g/mol. The maximum Gasteiger partial charge on any atom is 0.338 e. The van der Waals surface area contributed by atoms with Gasteiger partial charge in [-0.3, -0.25) is 4.57 Å².